The number of fused-ring (bicyclic) bond motifs is 2. The highest BCUT2D eigenvalue weighted by molar-refractivity contribution is 7.92. The van der Waals surface area contributed by atoms with E-state index < -0.39 is 33.5 Å². The van der Waals surface area contributed by atoms with E-state index in [1.165, 1.54) is 10.4 Å². The van der Waals surface area contributed by atoms with Crippen LogP contribution in [0.3, 0.4) is 0 Å². The number of aliphatic carboxylic acids is 1. The molecule has 1 unspecified atom stereocenters. The second kappa shape index (κ2) is 12.7. The van der Waals surface area contributed by atoms with Crippen LogP contribution in [0.2, 0.25) is 0 Å². The summed E-state index contributed by atoms with van der Waals surface area (Å²) in [4.78, 5) is 18.0. The molecule has 280 valence electrons. The first kappa shape index (κ1) is 35.7. The molecule has 3 aromatic carbocycles. The lowest BCUT2D eigenvalue weighted by Gasteiger charge is -2.35. The van der Waals surface area contributed by atoms with Gasteiger partial charge in [-0.05, 0) is 106 Å². The van der Waals surface area contributed by atoms with Gasteiger partial charge in [0.15, 0.2) is 17.7 Å². The summed E-state index contributed by atoms with van der Waals surface area (Å²) in [6, 6.07) is 13.3. The van der Waals surface area contributed by atoms with Gasteiger partial charge in [0.05, 0.1) is 53.6 Å². The number of pyridine rings is 1. The van der Waals surface area contributed by atoms with Gasteiger partial charge in [-0.15, -0.1) is 0 Å². The number of benzene rings is 3. The summed E-state index contributed by atoms with van der Waals surface area (Å²) >= 11 is 0. The Balaban J connectivity index is 1.47. The molecule has 0 aliphatic carbocycles. The van der Waals surface area contributed by atoms with Crippen molar-refractivity contribution in [3.63, 3.8) is 0 Å². The third-order valence-electron chi connectivity index (χ3n) is 10.6. The smallest absolute Gasteiger partial charge is 0.337 e. The Morgan fingerprint density at radius 2 is 1.83 bits per heavy atom. The molecule has 2 aliphatic heterocycles. The topological polar surface area (TPSA) is 129 Å². The fourth-order valence-corrected chi connectivity index (χ4v) is 9.20. The number of anilines is 1. The summed E-state index contributed by atoms with van der Waals surface area (Å²) < 4.78 is 60.5. The minimum atomic E-state index is -3.82. The van der Waals surface area contributed by atoms with Crippen molar-refractivity contribution in [1.82, 2.24) is 19.3 Å². The standard InChI is InChI=1S/C41H42FN5O6S/c1-22-27-9-8-16-52-38(27)30(42)19-28(22)35-29-20-33(25-12-13-43-31(18-25)24-10-11-32-26(17-24)21-44-45(32)6)46-14-15-47(54(7,50)51)36(37(29)46)23(2)34(35)39(40(48)49)53-41(3,4)5/h10-13,17-21,39H,8-9,14-16H2,1-7H3,(H,48,49). The number of aromatic nitrogens is 4. The second-order valence-electron chi connectivity index (χ2n) is 15.3. The number of hydrogen-bond donors (Lipinski definition) is 1. The molecule has 0 radical (unpaired) electrons. The highest BCUT2D eigenvalue weighted by Gasteiger charge is 2.39. The van der Waals surface area contributed by atoms with E-state index in [0.29, 0.717) is 59.3 Å². The first-order valence-electron chi connectivity index (χ1n) is 17.9. The molecule has 11 nitrogen and oxygen atoms in total. The molecule has 2 aliphatic rings. The number of carboxylic acid groups (broad SMARTS) is 1. The van der Waals surface area contributed by atoms with Crippen LogP contribution in [0.5, 0.6) is 5.75 Å². The zero-order valence-corrected chi connectivity index (χ0v) is 32.1. The van der Waals surface area contributed by atoms with Gasteiger partial charge in [-0.2, -0.15) is 5.10 Å². The van der Waals surface area contributed by atoms with Gasteiger partial charge in [0.25, 0.3) is 0 Å². The number of halogens is 1. The van der Waals surface area contributed by atoms with Crippen molar-refractivity contribution >= 4 is 43.5 Å². The highest BCUT2D eigenvalue weighted by atomic mass is 32.2. The summed E-state index contributed by atoms with van der Waals surface area (Å²) in [6.07, 6.45) is 4.51. The molecule has 0 spiro atoms. The van der Waals surface area contributed by atoms with E-state index >= 15 is 4.39 Å². The Kier molecular flexibility index (Phi) is 8.38. The normalized spacial score (nSPS) is 15.1. The zero-order chi connectivity index (χ0) is 38.4. The molecule has 54 heavy (non-hydrogen) atoms. The Morgan fingerprint density at radius 1 is 1.06 bits per heavy atom. The van der Waals surface area contributed by atoms with Gasteiger partial charge in [-0.3, -0.25) is 14.0 Å². The van der Waals surface area contributed by atoms with Crippen molar-refractivity contribution in [2.75, 3.05) is 23.7 Å². The largest absolute Gasteiger partial charge is 0.490 e. The molecule has 5 heterocycles. The van der Waals surface area contributed by atoms with E-state index in [9.17, 15) is 18.3 Å². The van der Waals surface area contributed by atoms with Gasteiger partial charge in [0.1, 0.15) is 0 Å². The lowest BCUT2D eigenvalue weighted by Crippen LogP contribution is -2.37. The Labute approximate surface area is 313 Å². The molecule has 0 amide bonds. The fraction of sp³-hybridized carbons (Fsp3) is 0.341. The molecule has 3 aromatic heterocycles. The highest BCUT2D eigenvalue weighted by Crippen LogP contribution is 2.51. The molecule has 0 fully saturated rings. The van der Waals surface area contributed by atoms with Gasteiger partial charge in [-0.1, -0.05) is 6.07 Å². The van der Waals surface area contributed by atoms with Crippen molar-refractivity contribution in [2.24, 2.45) is 7.05 Å². The van der Waals surface area contributed by atoms with E-state index in [4.69, 9.17) is 14.5 Å². The van der Waals surface area contributed by atoms with E-state index in [2.05, 4.69) is 9.67 Å². The van der Waals surface area contributed by atoms with Crippen LogP contribution in [-0.2, 0) is 39.6 Å². The predicted molar refractivity (Wildman–Crippen MR) is 207 cm³/mol. The average molecular weight is 752 g/mol. The third kappa shape index (κ3) is 5.81. The SMILES string of the molecule is Cc1c(-c2c(C(OC(C)(C)C)C(=O)O)c(C)c3c4c2cc(-c2ccnc(-c5ccc6c(cnn6C)c5)c2)n4CCN3S(C)(=O)=O)cc(F)c2c1CCCO2. The van der Waals surface area contributed by atoms with Crippen molar-refractivity contribution in [3.8, 4) is 39.4 Å². The van der Waals surface area contributed by atoms with E-state index in [1.807, 2.05) is 61.2 Å². The fourth-order valence-electron chi connectivity index (χ4n) is 8.24. The van der Waals surface area contributed by atoms with Crippen LogP contribution >= 0.6 is 0 Å². The lowest BCUT2D eigenvalue weighted by molar-refractivity contribution is -0.160. The van der Waals surface area contributed by atoms with Crippen LogP contribution in [-0.4, -0.2) is 63.8 Å². The summed E-state index contributed by atoms with van der Waals surface area (Å²) in [5, 5.41) is 16.8. The summed E-state index contributed by atoms with van der Waals surface area (Å²) in [6.45, 7) is 9.81. The molecule has 0 saturated carbocycles. The average Bonchev–Trinajstić information content (AvgIpc) is 3.70. The van der Waals surface area contributed by atoms with Crippen LogP contribution in [0, 0.1) is 19.7 Å². The lowest BCUT2D eigenvalue weighted by atomic mass is 9.84. The number of carboxylic acids is 1. The number of hydrogen-bond acceptors (Lipinski definition) is 7. The van der Waals surface area contributed by atoms with Crippen LogP contribution in [0.15, 0.2) is 54.9 Å². The summed E-state index contributed by atoms with van der Waals surface area (Å²) in [7, 11) is -1.92. The van der Waals surface area contributed by atoms with Gasteiger partial charge in [0, 0.05) is 58.5 Å². The van der Waals surface area contributed by atoms with Crippen LogP contribution < -0.4 is 9.04 Å². The monoisotopic (exact) mass is 751 g/mol. The second-order valence-corrected chi connectivity index (χ2v) is 17.2. The van der Waals surface area contributed by atoms with Gasteiger partial charge < -0.3 is 19.1 Å². The number of carbonyl (C=O) groups is 1. The first-order chi connectivity index (χ1) is 25.5. The molecule has 6 aromatic rings. The van der Waals surface area contributed by atoms with Gasteiger partial charge >= 0.3 is 5.97 Å². The van der Waals surface area contributed by atoms with Crippen LogP contribution in [0.25, 0.3) is 55.4 Å². The van der Waals surface area contributed by atoms with E-state index in [1.54, 1.807) is 33.9 Å². The van der Waals surface area contributed by atoms with Gasteiger partial charge in [0.2, 0.25) is 10.0 Å². The number of nitrogens with zero attached hydrogens (tertiary/aromatic N) is 5. The van der Waals surface area contributed by atoms with Crippen molar-refractivity contribution in [1.29, 1.82) is 0 Å². The van der Waals surface area contributed by atoms with Crippen molar-refractivity contribution in [2.45, 2.75) is 65.7 Å². The Bertz CT molecular complexity index is 2660. The molecule has 13 heteroatoms. The van der Waals surface area contributed by atoms with Crippen LogP contribution in [0.1, 0.15) is 55.5 Å². The van der Waals surface area contributed by atoms with E-state index in [-0.39, 0.29) is 17.9 Å². The Morgan fingerprint density at radius 3 is 2.56 bits per heavy atom. The van der Waals surface area contributed by atoms with Gasteiger partial charge in [-0.25, -0.2) is 17.6 Å². The molecular formula is C41H42FN5O6S. The van der Waals surface area contributed by atoms with E-state index in [0.717, 1.165) is 50.8 Å². The molecular weight excluding hydrogens is 710 g/mol. The molecule has 1 N–H and O–H groups in total. The minimum Gasteiger partial charge on any atom is -0.490 e. The zero-order valence-electron chi connectivity index (χ0n) is 31.3. The first-order valence-corrected chi connectivity index (χ1v) is 19.8. The number of ether oxygens (including phenoxy) is 2. The Hall–Kier alpha value is -5.27. The van der Waals surface area contributed by atoms with Crippen LogP contribution in [0.4, 0.5) is 10.1 Å². The quantitative estimate of drug-likeness (QED) is 0.176. The maximum absolute atomic E-state index is 16.1. The van der Waals surface area contributed by atoms with Crippen molar-refractivity contribution in [3.05, 3.63) is 82.9 Å². The molecule has 0 saturated heterocycles. The maximum Gasteiger partial charge on any atom is 0.337 e. The summed E-state index contributed by atoms with van der Waals surface area (Å²) in [5.41, 5.74) is 7.53. The predicted octanol–water partition coefficient (Wildman–Crippen LogP) is 7.73. The maximum atomic E-state index is 16.1. The van der Waals surface area contributed by atoms with Crippen molar-refractivity contribution < 1.29 is 32.2 Å². The molecule has 0 bridgehead atoms. The summed E-state index contributed by atoms with van der Waals surface area (Å²) in [5.74, 6) is -1.57. The number of aryl methyl sites for hydroxylation is 1. The third-order valence-corrected chi connectivity index (χ3v) is 11.7. The number of sulfonamides is 1. The minimum absolute atomic E-state index is 0.125. The number of rotatable bonds is 7. The molecule has 1 atom stereocenters. The molecule has 8 rings (SSSR count).